The summed E-state index contributed by atoms with van der Waals surface area (Å²) in [5.41, 5.74) is 0. The lowest BCUT2D eigenvalue weighted by Gasteiger charge is -2.21. The van der Waals surface area contributed by atoms with Crippen LogP contribution in [0.25, 0.3) is 0 Å². The molecule has 19 heteroatoms. The van der Waals surface area contributed by atoms with Crippen LogP contribution in [0.1, 0.15) is 389 Å². The van der Waals surface area contributed by atoms with Gasteiger partial charge in [-0.2, -0.15) is 0 Å². The van der Waals surface area contributed by atoms with Crippen LogP contribution in [0.5, 0.6) is 0 Å². The molecule has 17 nitrogen and oxygen atoms in total. The molecule has 0 aliphatic heterocycles. The molecule has 0 bridgehead atoms. The smallest absolute Gasteiger partial charge is 0.462 e. The van der Waals surface area contributed by atoms with E-state index in [0.717, 1.165) is 120 Å². The second-order valence-corrected chi connectivity index (χ2v) is 32.3. The minimum absolute atomic E-state index is 0.104. The molecule has 0 aromatic heterocycles. The first kappa shape index (κ1) is 94.1. The first-order chi connectivity index (χ1) is 46.1. The normalized spacial score (nSPS) is 14.4. The Bertz CT molecular complexity index is 1890. The number of esters is 4. The van der Waals surface area contributed by atoms with Gasteiger partial charge in [0.25, 0.3) is 0 Å². The molecule has 0 amide bonds. The van der Waals surface area contributed by atoms with Gasteiger partial charge in [0.2, 0.25) is 0 Å². The van der Waals surface area contributed by atoms with Crippen LogP contribution in [0.15, 0.2) is 0 Å². The van der Waals surface area contributed by atoms with Crippen molar-refractivity contribution >= 4 is 39.5 Å². The van der Waals surface area contributed by atoms with Crippen LogP contribution in [0.4, 0.5) is 0 Å². The largest absolute Gasteiger partial charge is 0.472 e. The average molecular weight is 1410 g/mol. The minimum atomic E-state index is -4.96. The number of phosphoric ester groups is 2. The van der Waals surface area contributed by atoms with Crippen molar-refractivity contribution in [1.82, 2.24) is 0 Å². The molecule has 96 heavy (non-hydrogen) atoms. The van der Waals surface area contributed by atoms with E-state index in [1.165, 1.54) is 186 Å². The predicted molar refractivity (Wildman–Crippen MR) is 391 cm³/mol. The molecule has 0 radical (unpaired) electrons. The summed E-state index contributed by atoms with van der Waals surface area (Å²) < 4.78 is 68.5. The first-order valence-electron chi connectivity index (χ1n) is 39.7. The van der Waals surface area contributed by atoms with E-state index < -0.39 is 97.5 Å². The van der Waals surface area contributed by atoms with Gasteiger partial charge < -0.3 is 33.8 Å². The van der Waals surface area contributed by atoms with Crippen LogP contribution in [-0.2, 0) is 65.4 Å². The Morgan fingerprint density at radius 2 is 0.500 bits per heavy atom. The Balaban J connectivity index is 5.20. The molecule has 0 aromatic carbocycles. The highest BCUT2D eigenvalue weighted by Crippen LogP contribution is 2.45. The van der Waals surface area contributed by atoms with Crippen LogP contribution >= 0.6 is 15.6 Å². The number of carbonyl (C=O) groups is 4. The van der Waals surface area contributed by atoms with Crippen molar-refractivity contribution in [2.45, 2.75) is 408 Å². The van der Waals surface area contributed by atoms with Gasteiger partial charge in [-0.05, 0) is 49.4 Å². The lowest BCUT2D eigenvalue weighted by Crippen LogP contribution is -2.30. The number of phosphoric acid groups is 2. The number of aliphatic hydroxyl groups excluding tert-OH is 1. The minimum Gasteiger partial charge on any atom is -0.462 e. The molecule has 0 aromatic rings. The lowest BCUT2D eigenvalue weighted by molar-refractivity contribution is -0.161. The monoisotopic (exact) mass is 1410 g/mol. The number of hydrogen-bond donors (Lipinski definition) is 3. The zero-order valence-electron chi connectivity index (χ0n) is 63.0. The number of unbranched alkanes of at least 4 members (excludes halogenated alkanes) is 39. The Labute approximate surface area is 588 Å². The van der Waals surface area contributed by atoms with Gasteiger partial charge in [0, 0.05) is 25.7 Å². The summed E-state index contributed by atoms with van der Waals surface area (Å²) in [5.74, 6) is 0.929. The van der Waals surface area contributed by atoms with Crippen molar-refractivity contribution in [2.75, 3.05) is 39.6 Å². The summed E-state index contributed by atoms with van der Waals surface area (Å²) in [6.45, 7) is 14.2. The molecule has 3 N–H and O–H groups in total. The number of hydrogen-bond acceptors (Lipinski definition) is 15. The van der Waals surface area contributed by atoms with Crippen LogP contribution in [0.3, 0.4) is 0 Å². The van der Waals surface area contributed by atoms with E-state index in [1.54, 1.807) is 0 Å². The van der Waals surface area contributed by atoms with Crippen molar-refractivity contribution in [3.05, 3.63) is 0 Å². The predicted octanol–water partition coefficient (Wildman–Crippen LogP) is 22.4. The van der Waals surface area contributed by atoms with Gasteiger partial charge in [0.15, 0.2) is 12.2 Å². The Kier molecular flexibility index (Phi) is 65.0. The summed E-state index contributed by atoms with van der Waals surface area (Å²) in [6, 6.07) is 0. The van der Waals surface area contributed by atoms with E-state index >= 15 is 0 Å². The standard InChI is InChI=1S/C77H150O17P2/c1-9-70(8)56-48-40-35-36-42-50-58-75(80)88-64-73(93-76(81)59-51-43-33-26-22-18-14-13-16-20-24-30-38-46-54-68(4)5)66-92-96(85,86)90-62-71(78)61-89-95(83,84)91-65-72(94-77(82)60-52-44-34-28-27-31-39-47-55-69(6)7)63-87-74(79)57-49-41-32-25-21-17-12-10-11-15-19-23-29-37-45-53-67(2)3/h67-73,78H,9-66H2,1-8H3,(H,83,84)(H,85,86)/t70?,71-,72-,73-/m1/s1. The topological polar surface area (TPSA) is 237 Å². The van der Waals surface area contributed by atoms with Crippen LogP contribution < -0.4 is 0 Å². The summed E-state index contributed by atoms with van der Waals surface area (Å²) in [5, 5.41) is 10.6. The molecule has 0 saturated carbocycles. The molecular weight excluding hydrogens is 1260 g/mol. The van der Waals surface area contributed by atoms with Crippen LogP contribution in [0.2, 0.25) is 0 Å². The van der Waals surface area contributed by atoms with E-state index in [2.05, 4.69) is 55.4 Å². The number of rotatable bonds is 74. The summed E-state index contributed by atoms with van der Waals surface area (Å²) >= 11 is 0. The number of carbonyl (C=O) groups excluding carboxylic acids is 4. The molecule has 0 aliphatic rings. The fraction of sp³-hybridized carbons (Fsp3) is 0.948. The zero-order valence-corrected chi connectivity index (χ0v) is 64.8. The quantitative estimate of drug-likeness (QED) is 0.0222. The molecule has 0 heterocycles. The van der Waals surface area contributed by atoms with Crippen molar-refractivity contribution < 1.29 is 80.2 Å². The van der Waals surface area contributed by atoms with Crippen LogP contribution in [0, 0.1) is 23.7 Å². The molecule has 570 valence electrons. The van der Waals surface area contributed by atoms with E-state index in [1.807, 2.05) is 0 Å². The Morgan fingerprint density at radius 1 is 0.292 bits per heavy atom. The fourth-order valence-corrected chi connectivity index (χ4v) is 13.3. The fourth-order valence-electron chi connectivity index (χ4n) is 11.7. The SMILES string of the molecule is CCC(C)CCCCCCCCC(=O)OC[C@H](COP(=O)(O)OC[C@H](O)COP(=O)(O)OC[C@@H](COC(=O)CCCCCCCCCCCCCCCCCC(C)C)OC(=O)CCCCCCCCCCC(C)C)OC(=O)CCCCCCCCCCCCCCCCC(C)C. The van der Waals surface area contributed by atoms with E-state index in [0.29, 0.717) is 25.7 Å². The highest BCUT2D eigenvalue weighted by atomic mass is 31.2. The van der Waals surface area contributed by atoms with Gasteiger partial charge in [-0.15, -0.1) is 0 Å². The second-order valence-electron chi connectivity index (χ2n) is 29.4. The van der Waals surface area contributed by atoms with Gasteiger partial charge in [0.05, 0.1) is 26.4 Å². The number of ether oxygens (including phenoxy) is 4. The average Bonchev–Trinajstić information content (AvgIpc) is 1.83. The molecule has 6 atom stereocenters. The summed E-state index contributed by atoms with van der Waals surface area (Å²) in [4.78, 5) is 72.8. The maximum absolute atomic E-state index is 13.1. The second kappa shape index (κ2) is 66.3. The van der Waals surface area contributed by atoms with Crippen molar-refractivity contribution in [3.8, 4) is 0 Å². The molecule has 0 spiro atoms. The van der Waals surface area contributed by atoms with Gasteiger partial charge in [-0.3, -0.25) is 37.3 Å². The molecule has 0 rings (SSSR count). The highest BCUT2D eigenvalue weighted by Gasteiger charge is 2.30. The van der Waals surface area contributed by atoms with Gasteiger partial charge in [-0.25, -0.2) is 9.13 Å². The van der Waals surface area contributed by atoms with Gasteiger partial charge in [0.1, 0.15) is 19.3 Å². The zero-order chi connectivity index (χ0) is 71.0. The maximum Gasteiger partial charge on any atom is 0.472 e. The molecular formula is C77H150O17P2. The van der Waals surface area contributed by atoms with Crippen molar-refractivity contribution in [2.24, 2.45) is 23.7 Å². The molecule has 0 aliphatic carbocycles. The summed E-state index contributed by atoms with van der Waals surface area (Å²) in [7, 11) is -9.91. The highest BCUT2D eigenvalue weighted by molar-refractivity contribution is 7.47. The Hall–Kier alpha value is -1.94. The van der Waals surface area contributed by atoms with E-state index in [4.69, 9.17) is 37.0 Å². The maximum atomic E-state index is 13.1. The summed E-state index contributed by atoms with van der Waals surface area (Å²) in [6.07, 6.45) is 51.4. The third-order valence-electron chi connectivity index (χ3n) is 18.2. The van der Waals surface area contributed by atoms with Gasteiger partial charge in [-0.1, -0.05) is 338 Å². The first-order valence-corrected chi connectivity index (χ1v) is 42.7. The van der Waals surface area contributed by atoms with E-state index in [9.17, 15) is 43.2 Å². The Morgan fingerprint density at radius 3 is 0.740 bits per heavy atom. The molecule has 0 saturated heterocycles. The number of aliphatic hydroxyl groups is 1. The van der Waals surface area contributed by atoms with Crippen LogP contribution in [-0.4, -0.2) is 96.7 Å². The lowest BCUT2D eigenvalue weighted by atomic mass is 10.00. The van der Waals surface area contributed by atoms with Gasteiger partial charge >= 0.3 is 39.5 Å². The van der Waals surface area contributed by atoms with Crippen molar-refractivity contribution in [3.63, 3.8) is 0 Å². The van der Waals surface area contributed by atoms with Crippen molar-refractivity contribution in [1.29, 1.82) is 0 Å². The third-order valence-corrected chi connectivity index (χ3v) is 20.1. The molecule has 3 unspecified atom stereocenters. The third kappa shape index (κ3) is 69.2. The molecule has 0 fully saturated rings. The van der Waals surface area contributed by atoms with E-state index in [-0.39, 0.29) is 25.7 Å².